The first-order chi connectivity index (χ1) is 13.9. The van der Waals surface area contributed by atoms with Crippen molar-refractivity contribution in [1.29, 1.82) is 0 Å². The van der Waals surface area contributed by atoms with E-state index in [0.717, 1.165) is 4.90 Å². The molecule has 1 aliphatic heterocycles. The molecular formula is C18H23Cl2F3N2O4S. The Morgan fingerprint density at radius 1 is 1.30 bits per heavy atom. The van der Waals surface area contributed by atoms with Gasteiger partial charge in [-0.25, -0.2) is 8.42 Å². The van der Waals surface area contributed by atoms with Gasteiger partial charge in [0.15, 0.2) is 0 Å². The Morgan fingerprint density at radius 3 is 2.43 bits per heavy atom. The third-order valence-electron chi connectivity index (χ3n) is 4.89. The van der Waals surface area contributed by atoms with E-state index in [-0.39, 0.29) is 47.5 Å². The van der Waals surface area contributed by atoms with Gasteiger partial charge in [-0.1, -0.05) is 23.2 Å². The summed E-state index contributed by atoms with van der Waals surface area (Å²) in [6, 6.07) is 3.31. The zero-order valence-electron chi connectivity index (χ0n) is 16.5. The summed E-state index contributed by atoms with van der Waals surface area (Å²) in [5, 5.41) is 0.223. The van der Waals surface area contributed by atoms with Crippen molar-refractivity contribution in [3.05, 3.63) is 28.2 Å². The van der Waals surface area contributed by atoms with Crippen LogP contribution in [0, 0.1) is 5.92 Å². The van der Waals surface area contributed by atoms with Crippen LogP contribution < -0.4 is 0 Å². The van der Waals surface area contributed by atoms with Crippen LogP contribution in [0.5, 0.6) is 0 Å². The smallest absolute Gasteiger partial charge is 0.383 e. The average Bonchev–Trinajstić information content (AvgIpc) is 2.67. The summed E-state index contributed by atoms with van der Waals surface area (Å²) in [4.78, 5) is 13.4. The predicted molar refractivity (Wildman–Crippen MR) is 107 cm³/mol. The second kappa shape index (κ2) is 10.0. The van der Waals surface area contributed by atoms with Crippen molar-refractivity contribution >= 4 is 39.1 Å². The Labute approximate surface area is 183 Å². The molecule has 1 aromatic carbocycles. The van der Waals surface area contributed by atoms with Crippen LogP contribution in [0.3, 0.4) is 0 Å². The summed E-state index contributed by atoms with van der Waals surface area (Å²) in [5.41, 5.74) is 0. The highest BCUT2D eigenvalue weighted by Crippen LogP contribution is 2.31. The van der Waals surface area contributed by atoms with E-state index in [1.165, 1.54) is 36.5 Å². The third-order valence-corrected chi connectivity index (χ3v) is 7.50. The largest absolute Gasteiger partial charge is 0.406 e. The van der Waals surface area contributed by atoms with E-state index in [1.807, 2.05) is 0 Å². The highest BCUT2D eigenvalue weighted by molar-refractivity contribution is 7.89. The summed E-state index contributed by atoms with van der Waals surface area (Å²) in [7, 11) is -2.60. The van der Waals surface area contributed by atoms with Crippen molar-refractivity contribution in [3.8, 4) is 0 Å². The van der Waals surface area contributed by atoms with Gasteiger partial charge in [-0.2, -0.15) is 17.5 Å². The maximum atomic E-state index is 13.0. The molecule has 0 spiro atoms. The van der Waals surface area contributed by atoms with Gasteiger partial charge in [-0.15, -0.1) is 0 Å². The third kappa shape index (κ3) is 6.23. The molecule has 170 valence electrons. The molecule has 0 aromatic heterocycles. The van der Waals surface area contributed by atoms with Crippen LogP contribution in [0.1, 0.15) is 19.8 Å². The first-order valence-electron chi connectivity index (χ1n) is 9.18. The molecule has 0 aliphatic carbocycles. The Bertz CT molecular complexity index is 859. The first-order valence-corrected chi connectivity index (χ1v) is 11.4. The van der Waals surface area contributed by atoms with Crippen molar-refractivity contribution in [3.63, 3.8) is 0 Å². The van der Waals surface area contributed by atoms with Gasteiger partial charge in [0.05, 0.1) is 17.7 Å². The normalized spacial score (nSPS) is 17.7. The molecule has 6 nitrogen and oxygen atoms in total. The van der Waals surface area contributed by atoms with E-state index in [2.05, 4.69) is 0 Å². The lowest BCUT2D eigenvalue weighted by molar-refractivity contribution is -0.170. The van der Waals surface area contributed by atoms with Gasteiger partial charge in [0.1, 0.15) is 11.4 Å². The minimum atomic E-state index is -4.55. The molecule has 1 aromatic rings. The number of methoxy groups -OCH3 is 1. The Balaban J connectivity index is 2.12. The molecule has 0 N–H and O–H groups in total. The fourth-order valence-electron chi connectivity index (χ4n) is 3.37. The molecule has 0 saturated carbocycles. The van der Waals surface area contributed by atoms with Gasteiger partial charge in [-0.05, 0) is 38.0 Å². The quantitative estimate of drug-likeness (QED) is 0.582. The van der Waals surface area contributed by atoms with E-state index in [0.29, 0.717) is 0 Å². The summed E-state index contributed by atoms with van der Waals surface area (Å²) in [5.74, 6) is -1.37. The fraction of sp³-hybridized carbons (Fsp3) is 0.611. The van der Waals surface area contributed by atoms with Crippen molar-refractivity contribution in [2.45, 2.75) is 36.9 Å². The first kappa shape index (κ1) is 25.2. The number of piperidine rings is 1. The zero-order chi connectivity index (χ0) is 22.7. The molecule has 2 rings (SSSR count). The molecule has 0 unspecified atom stereocenters. The number of hydrogen-bond acceptors (Lipinski definition) is 4. The molecule has 1 heterocycles. The topological polar surface area (TPSA) is 66.9 Å². The van der Waals surface area contributed by atoms with Crippen molar-refractivity contribution in [2.24, 2.45) is 5.92 Å². The molecule has 1 amide bonds. The second-order valence-electron chi connectivity index (χ2n) is 7.14. The number of carbonyl (C=O) groups excluding carboxylic acids is 1. The molecular weight excluding hydrogens is 468 g/mol. The molecule has 0 bridgehead atoms. The van der Waals surface area contributed by atoms with Crippen molar-refractivity contribution < 1.29 is 31.1 Å². The summed E-state index contributed by atoms with van der Waals surface area (Å²) in [6.07, 6.45) is -4.35. The Kier molecular flexibility index (Phi) is 8.43. The lowest BCUT2D eigenvalue weighted by atomic mass is 9.96. The minimum Gasteiger partial charge on any atom is -0.383 e. The number of alkyl halides is 3. The summed E-state index contributed by atoms with van der Waals surface area (Å²) >= 11 is 11.9. The lowest BCUT2D eigenvalue weighted by Gasteiger charge is -2.36. The Morgan fingerprint density at radius 2 is 1.90 bits per heavy atom. The average molecular weight is 491 g/mol. The van der Waals surface area contributed by atoms with Gasteiger partial charge < -0.3 is 9.64 Å². The van der Waals surface area contributed by atoms with Crippen LogP contribution >= 0.6 is 23.2 Å². The standard InChI is InChI=1S/C18H23Cl2F3N2O4S/c1-12(10-29-2)25(11-18(21,22)23)17(26)13-5-7-24(8-6-13)30(27,28)16-9-14(19)3-4-15(16)20/h3-4,9,12-13H,5-8,10-11H2,1-2H3/t12-/m1/s1. The fourth-order valence-corrected chi connectivity index (χ4v) is 5.57. The molecule has 0 radical (unpaired) electrons. The number of ether oxygens (including phenoxy) is 1. The summed E-state index contributed by atoms with van der Waals surface area (Å²) in [6.45, 7) is 0.0311. The van der Waals surface area contributed by atoms with Crippen LogP contribution in [-0.2, 0) is 19.6 Å². The highest BCUT2D eigenvalue weighted by Gasteiger charge is 2.40. The van der Waals surface area contributed by atoms with E-state index in [4.69, 9.17) is 27.9 Å². The maximum Gasteiger partial charge on any atom is 0.406 e. The van der Waals surface area contributed by atoms with E-state index >= 15 is 0 Å². The van der Waals surface area contributed by atoms with Gasteiger partial charge >= 0.3 is 6.18 Å². The van der Waals surface area contributed by atoms with Crippen LogP contribution in [-0.4, -0.2) is 69.1 Å². The molecule has 1 aliphatic rings. The lowest BCUT2D eigenvalue weighted by Crippen LogP contribution is -2.51. The van der Waals surface area contributed by atoms with Crippen molar-refractivity contribution in [2.75, 3.05) is 33.4 Å². The van der Waals surface area contributed by atoms with Gasteiger partial charge in [0, 0.05) is 31.1 Å². The Hall–Kier alpha value is -1.07. The summed E-state index contributed by atoms with van der Waals surface area (Å²) < 4.78 is 70.7. The predicted octanol–water partition coefficient (Wildman–Crippen LogP) is 3.82. The number of halogens is 5. The molecule has 1 atom stereocenters. The number of sulfonamides is 1. The van der Waals surface area contributed by atoms with E-state index in [1.54, 1.807) is 0 Å². The molecule has 1 saturated heterocycles. The highest BCUT2D eigenvalue weighted by atomic mass is 35.5. The number of amides is 1. The number of carbonyl (C=O) groups is 1. The van der Waals surface area contributed by atoms with Crippen molar-refractivity contribution in [1.82, 2.24) is 9.21 Å². The maximum absolute atomic E-state index is 13.0. The zero-order valence-corrected chi connectivity index (χ0v) is 18.8. The second-order valence-corrected chi connectivity index (χ2v) is 9.89. The van der Waals surface area contributed by atoms with Crippen LogP contribution in [0.2, 0.25) is 10.0 Å². The van der Waals surface area contributed by atoms with Crippen LogP contribution in [0.4, 0.5) is 13.2 Å². The molecule has 12 heteroatoms. The van der Waals surface area contributed by atoms with Gasteiger partial charge in [0.2, 0.25) is 15.9 Å². The van der Waals surface area contributed by atoms with Gasteiger partial charge in [0.25, 0.3) is 0 Å². The van der Waals surface area contributed by atoms with Gasteiger partial charge in [-0.3, -0.25) is 4.79 Å². The number of nitrogens with zero attached hydrogens (tertiary/aromatic N) is 2. The van der Waals surface area contributed by atoms with E-state index < -0.39 is 40.6 Å². The number of hydrogen-bond donors (Lipinski definition) is 0. The number of benzene rings is 1. The van der Waals surface area contributed by atoms with Crippen LogP contribution in [0.25, 0.3) is 0 Å². The SMILES string of the molecule is COC[C@@H](C)N(CC(F)(F)F)C(=O)C1CCN(S(=O)(=O)c2cc(Cl)ccc2Cl)CC1. The molecule has 1 fully saturated rings. The number of rotatable bonds is 7. The molecule has 30 heavy (non-hydrogen) atoms. The van der Waals surface area contributed by atoms with E-state index in [9.17, 15) is 26.4 Å². The minimum absolute atomic E-state index is 0.0138. The van der Waals surface area contributed by atoms with Crippen LogP contribution in [0.15, 0.2) is 23.1 Å². The monoisotopic (exact) mass is 490 g/mol.